The van der Waals surface area contributed by atoms with Crippen molar-refractivity contribution in [1.82, 2.24) is 0 Å². The highest BCUT2D eigenvalue weighted by atomic mass is 15.3. The van der Waals surface area contributed by atoms with Gasteiger partial charge in [0.2, 0.25) is 0 Å². The molecule has 142 valence electrons. The van der Waals surface area contributed by atoms with Gasteiger partial charge in [0.25, 0.3) is 5.82 Å². The van der Waals surface area contributed by atoms with Crippen LogP contribution >= 0.6 is 0 Å². The lowest BCUT2D eigenvalue weighted by Crippen LogP contribution is -2.57. The van der Waals surface area contributed by atoms with Crippen LogP contribution in [0.3, 0.4) is 0 Å². The molecule has 0 atom stereocenters. The summed E-state index contributed by atoms with van der Waals surface area (Å²) in [4.78, 5) is 4.94. The molecule has 0 N–H and O–H groups in total. The summed E-state index contributed by atoms with van der Waals surface area (Å²) < 4.78 is 2.26. The van der Waals surface area contributed by atoms with Gasteiger partial charge in [-0.05, 0) is 75.5 Å². The molecule has 4 rings (SSSR count). The number of anilines is 3. The van der Waals surface area contributed by atoms with Gasteiger partial charge in [0.1, 0.15) is 5.69 Å². The first-order chi connectivity index (χ1) is 13.3. The number of rotatable bonds is 2. The van der Waals surface area contributed by atoms with E-state index in [1.165, 1.54) is 50.5 Å². The number of benzene rings is 2. The van der Waals surface area contributed by atoms with Gasteiger partial charge in [-0.1, -0.05) is 30.3 Å². The van der Waals surface area contributed by atoms with Gasteiger partial charge in [-0.15, -0.1) is 0 Å². The number of fused-ring (bicyclic) bond motifs is 1. The minimum atomic E-state index is 0.130. The van der Waals surface area contributed by atoms with Crippen LogP contribution in [-0.4, -0.2) is 14.0 Å². The predicted octanol–water partition coefficient (Wildman–Crippen LogP) is 4.04. The quantitative estimate of drug-likeness (QED) is 0.498. The first-order valence-corrected chi connectivity index (χ1v) is 9.96. The Labute approximate surface area is 169 Å². The Bertz CT molecular complexity index is 1050. The number of hydrogen-bond acceptors (Lipinski definition) is 2. The molecule has 3 nitrogen and oxygen atoms in total. The largest absolute Gasteiger partial charge is 0.538 e. The molecule has 0 aliphatic carbocycles. The Morgan fingerprint density at radius 3 is 2.07 bits per heavy atom. The summed E-state index contributed by atoms with van der Waals surface area (Å²) in [7, 11) is 4.37. The lowest BCUT2D eigenvalue weighted by atomic mass is 9.62. The Morgan fingerprint density at radius 2 is 1.39 bits per heavy atom. The second-order valence-corrected chi connectivity index (χ2v) is 8.21. The van der Waals surface area contributed by atoms with Crippen LogP contribution in [0.5, 0.6) is 0 Å². The third kappa shape index (κ3) is 2.70. The van der Waals surface area contributed by atoms with Crippen molar-refractivity contribution < 1.29 is 4.57 Å². The maximum atomic E-state index is 2.52. The van der Waals surface area contributed by atoms with Crippen molar-refractivity contribution in [3.63, 3.8) is 0 Å². The highest BCUT2D eigenvalue weighted by Gasteiger charge is 2.50. The van der Waals surface area contributed by atoms with Gasteiger partial charge < -0.3 is 4.81 Å². The number of nitrogens with zero attached hydrogens (tertiary/aromatic N) is 3. The summed E-state index contributed by atoms with van der Waals surface area (Å²) in [5.41, 5.74) is 10.6. The molecular formula is C24H29BN3+. The summed E-state index contributed by atoms with van der Waals surface area (Å²) in [5, 5.41) is 0. The number of aromatic nitrogens is 1. The van der Waals surface area contributed by atoms with Crippen LogP contribution in [-0.2, 0) is 7.05 Å². The smallest absolute Gasteiger partial charge is 0.369 e. The molecule has 0 amide bonds. The van der Waals surface area contributed by atoms with Crippen LogP contribution in [0, 0.1) is 34.6 Å². The third-order valence-corrected chi connectivity index (χ3v) is 6.21. The van der Waals surface area contributed by atoms with E-state index in [9.17, 15) is 0 Å². The summed E-state index contributed by atoms with van der Waals surface area (Å²) in [6, 6.07) is 15.6. The van der Waals surface area contributed by atoms with Gasteiger partial charge in [-0.2, -0.15) is 0 Å². The second-order valence-electron chi connectivity index (χ2n) is 8.21. The minimum absolute atomic E-state index is 0.130. The van der Waals surface area contributed by atoms with Gasteiger partial charge in [0.15, 0.2) is 0 Å². The van der Waals surface area contributed by atoms with Crippen LogP contribution in [0.4, 0.5) is 17.2 Å². The molecule has 28 heavy (non-hydrogen) atoms. The lowest BCUT2D eigenvalue weighted by Gasteiger charge is -2.24. The molecule has 2 heterocycles. The van der Waals surface area contributed by atoms with E-state index in [4.69, 9.17) is 0 Å². The van der Waals surface area contributed by atoms with Crippen molar-refractivity contribution >= 4 is 29.6 Å². The zero-order chi connectivity index (χ0) is 20.2. The van der Waals surface area contributed by atoms with E-state index in [0.717, 1.165) is 0 Å². The van der Waals surface area contributed by atoms with E-state index >= 15 is 0 Å². The predicted molar refractivity (Wildman–Crippen MR) is 120 cm³/mol. The average Bonchev–Trinajstić information content (AvgIpc) is 2.92. The molecule has 0 bridgehead atoms. The SMILES string of the molecule is Cc1cc(N2B(c3c(C)cccc3C)N(C)c3cccc(C)c32)[n+](C)cc1C. The van der Waals surface area contributed by atoms with Crippen molar-refractivity contribution in [3.8, 4) is 0 Å². The Balaban J connectivity index is 2.03. The van der Waals surface area contributed by atoms with E-state index in [2.05, 4.69) is 112 Å². The fourth-order valence-electron chi connectivity index (χ4n) is 4.57. The fourth-order valence-corrected chi connectivity index (χ4v) is 4.57. The van der Waals surface area contributed by atoms with E-state index in [1.54, 1.807) is 0 Å². The lowest BCUT2D eigenvalue weighted by molar-refractivity contribution is -0.658. The van der Waals surface area contributed by atoms with Gasteiger partial charge in [0.05, 0.1) is 18.9 Å². The van der Waals surface area contributed by atoms with Crippen LogP contribution < -0.4 is 19.7 Å². The Kier molecular flexibility index (Phi) is 4.45. The highest BCUT2D eigenvalue weighted by Crippen LogP contribution is 2.43. The second kappa shape index (κ2) is 6.70. The van der Waals surface area contributed by atoms with Crippen molar-refractivity contribution in [1.29, 1.82) is 0 Å². The van der Waals surface area contributed by atoms with Crippen LogP contribution in [0.15, 0.2) is 48.7 Å². The zero-order valence-corrected chi connectivity index (χ0v) is 18.0. The number of pyridine rings is 1. The van der Waals surface area contributed by atoms with Crippen molar-refractivity contribution in [3.05, 3.63) is 76.5 Å². The van der Waals surface area contributed by atoms with E-state index < -0.39 is 0 Å². The first kappa shape index (κ1) is 18.6. The van der Waals surface area contributed by atoms with E-state index in [1.807, 2.05) is 0 Å². The van der Waals surface area contributed by atoms with Crippen LogP contribution in [0.2, 0.25) is 0 Å². The molecule has 0 saturated heterocycles. The summed E-state index contributed by atoms with van der Waals surface area (Å²) in [6.45, 7) is 11.2. The molecule has 0 saturated carbocycles. The molecule has 2 aromatic carbocycles. The Hall–Kier alpha value is -2.75. The van der Waals surface area contributed by atoms with Gasteiger partial charge in [0, 0.05) is 11.5 Å². The summed E-state index contributed by atoms with van der Waals surface area (Å²) >= 11 is 0. The van der Waals surface area contributed by atoms with Gasteiger partial charge in [-0.3, -0.25) is 4.81 Å². The number of aryl methyl sites for hydroxylation is 6. The van der Waals surface area contributed by atoms with Crippen LogP contribution in [0.25, 0.3) is 0 Å². The van der Waals surface area contributed by atoms with Crippen molar-refractivity contribution in [2.45, 2.75) is 34.6 Å². The average molecular weight is 370 g/mol. The van der Waals surface area contributed by atoms with Crippen molar-refractivity contribution in [2.24, 2.45) is 7.05 Å². The molecule has 4 heteroatoms. The molecule has 1 aliphatic rings. The minimum Gasteiger partial charge on any atom is -0.369 e. The molecule has 1 aromatic heterocycles. The molecule has 0 fully saturated rings. The normalized spacial score (nSPS) is 13.3. The molecule has 1 aliphatic heterocycles. The van der Waals surface area contributed by atoms with Gasteiger partial charge in [-0.25, -0.2) is 4.57 Å². The summed E-state index contributed by atoms with van der Waals surface area (Å²) in [6.07, 6.45) is 2.24. The first-order valence-electron chi connectivity index (χ1n) is 9.96. The molecule has 3 aromatic rings. The topological polar surface area (TPSA) is 10.4 Å². The molecule has 0 spiro atoms. The molecule has 0 radical (unpaired) electrons. The van der Waals surface area contributed by atoms with Crippen molar-refractivity contribution in [2.75, 3.05) is 16.7 Å². The molecule has 0 unspecified atom stereocenters. The number of para-hydroxylation sites is 1. The maximum Gasteiger partial charge on any atom is 0.538 e. The monoisotopic (exact) mass is 370 g/mol. The number of hydrogen-bond donors (Lipinski definition) is 0. The molecular weight excluding hydrogens is 341 g/mol. The summed E-state index contributed by atoms with van der Waals surface area (Å²) in [5.74, 6) is 1.22. The van der Waals surface area contributed by atoms with E-state index in [-0.39, 0.29) is 6.98 Å². The Morgan fingerprint density at radius 1 is 0.786 bits per heavy atom. The maximum absolute atomic E-state index is 2.52. The van der Waals surface area contributed by atoms with E-state index in [0.29, 0.717) is 0 Å². The van der Waals surface area contributed by atoms with Crippen LogP contribution in [0.1, 0.15) is 27.8 Å². The standard InChI is InChI=1S/C24H29BN3/c1-16-10-8-11-17(2)23(16)25-27(7)21-13-9-12-18(3)24(21)28(25)22-14-19(4)20(5)15-26(22)6/h8-15H,1-7H3/q+1. The highest BCUT2D eigenvalue weighted by molar-refractivity contribution is 6.83. The fraction of sp³-hybridized carbons (Fsp3) is 0.292. The van der Waals surface area contributed by atoms with Gasteiger partial charge >= 0.3 is 6.98 Å². The third-order valence-electron chi connectivity index (χ3n) is 6.21. The zero-order valence-electron chi connectivity index (χ0n) is 18.0.